The molecule has 0 amide bonds. The molecule has 1 unspecified atom stereocenters. The predicted molar refractivity (Wildman–Crippen MR) is 147 cm³/mol. The Kier molecular flexibility index (Phi) is 6.94. The first kappa shape index (κ1) is 26.4. The van der Waals surface area contributed by atoms with Gasteiger partial charge in [-0.1, -0.05) is 39.3 Å². The van der Waals surface area contributed by atoms with Gasteiger partial charge in [-0.3, -0.25) is 10.5 Å². The Morgan fingerprint density at radius 1 is 0.742 bits per heavy atom. The lowest BCUT2D eigenvalue weighted by molar-refractivity contribution is -0.0921. The average molecular weight is 499 g/mol. The Morgan fingerprint density at radius 3 is 1.42 bits per heavy atom. The van der Waals surface area contributed by atoms with E-state index in [0.717, 1.165) is 17.8 Å². The van der Waals surface area contributed by atoms with Crippen LogP contribution >= 0.6 is 0 Å². The molecule has 0 aromatic rings. The van der Waals surface area contributed by atoms with Crippen LogP contribution in [-0.4, -0.2) is 42.0 Å². The van der Waals surface area contributed by atoms with Crippen LogP contribution in [0.4, 0.5) is 0 Å². The van der Waals surface area contributed by atoms with Crippen molar-refractivity contribution in [3.8, 4) is 0 Å². The molecule has 4 rings (SSSR count). The van der Waals surface area contributed by atoms with E-state index in [-0.39, 0.29) is 5.54 Å². The molecular formula is C24H54N2OSi4. The van der Waals surface area contributed by atoms with Crippen LogP contribution in [0.15, 0.2) is 0 Å². The summed E-state index contributed by atoms with van der Waals surface area (Å²) < 4.78 is 7.57. The molecule has 4 fully saturated rings. The van der Waals surface area contributed by atoms with Crippen LogP contribution in [-0.2, 0) is 4.43 Å². The summed E-state index contributed by atoms with van der Waals surface area (Å²) in [5, 5.41) is 4.31. The van der Waals surface area contributed by atoms with Crippen molar-refractivity contribution in [2.45, 2.75) is 129 Å². The van der Waals surface area contributed by atoms with Crippen LogP contribution < -0.4 is 10.5 Å². The summed E-state index contributed by atoms with van der Waals surface area (Å²) in [6.45, 7) is 30.3. The van der Waals surface area contributed by atoms with Crippen molar-refractivity contribution < 1.29 is 4.43 Å². The van der Waals surface area contributed by atoms with Gasteiger partial charge in [0.2, 0.25) is 0 Å². The molecule has 1 atom stereocenters. The zero-order valence-corrected chi connectivity index (χ0v) is 27.0. The van der Waals surface area contributed by atoms with Gasteiger partial charge >= 0.3 is 0 Å². The third-order valence-corrected chi connectivity index (χ3v) is 46.5. The lowest BCUT2D eigenvalue weighted by Gasteiger charge is -2.66. The minimum Gasteiger partial charge on any atom is -0.416 e. The highest BCUT2D eigenvalue weighted by molar-refractivity contribution is 7.68. The van der Waals surface area contributed by atoms with Gasteiger partial charge in [-0.15, -0.1) is 0 Å². The summed E-state index contributed by atoms with van der Waals surface area (Å²) in [4.78, 5) is 0. The fourth-order valence-corrected chi connectivity index (χ4v) is 54.7. The summed E-state index contributed by atoms with van der Waals surface area (Å²) in [7, 11) is -6.83. The normalized spacial score (nSPS) is 33.1. The molecule has 0 aliphatic heterocycles. The van der Waals surface area contributed by atoms with Crippen molar-refractivity contribution in [3.63, 3.8) is 0 Å². The summed E-state index contributed by atoms with van der Waals surface area (Å²) in [5.41, 5.74) is 4.88. The molecule has 4 aliphatic carbocycles. The van der Waals surface area contributed by atoms with Crippen molar-refractivity contribution in [1.82, 2.24) is 10.5 Å². The van der Waals surface area contributed by atoms with E-state index >= 15 is 0 Å². The van der Waals surface area contributed by atoms with Crippen LogP contribution in [0.1, 0.15) is 59.3 Å². The molecule has 2 N–H and O–H groups in total. The Labute approximate surface area is 198 Å². The smallest absolute Gasteiger partial charge is 0.183 e. The SMILES string of the molecule is CC(C)(C)NN[Si](C(O[Si](C)(C)C)C12CC3CC(CC(C3)C1)C2)([Si](C)(C)C)[Si](C)(C)C. The number of nitrogens with one attached hydrogen (secondary N) is 2. The van der Waals surface area contributed by atoms with E-state index in [4.69, 9.17) is 4.43 Å². The zero-order valence-electron chi connectivity index (χ0n) is 23.0. The maximum absolute atomic E-state index is 7.57. The first-order valence-corrected chi connectivity index (χ1v) is 27.5. The molecule has 0 radical (unpaired) electrons. The maximum atomic E-state index is 7.57. The van der Waals surface area contributed by atoms with E-state index in [2.05, 4.69) is 90.2 Å². The van der Waals surface area contributed by atoms with Crippen molar-refractivity contribution in [2.24, 2.45) is 23.2 Å². The third kappa shape index (κ3) is 5.22. The molecule has 4 bridgehead atoms. The van der Waals surface area contributed by atoms with Crippen LogP contribution in [0.3, 0.4) is 0 Å². The van der Waals surface area contributed by atoms with Gasteiger partial charge in [0.05, 0.1) is 20.9 Å². The van der Waals surface area contributed by atoms with Gasteiger partial charge < -0.3 is 4.43 Å². The van der Waals surface area contributed by atoms with Gasteiger partial charge in [-0.2, -0.15) is 0 Å². The van der Waals surface area contributed by atoms with Gasteiger partial charge in [0.1, 0.15) is 0 Å². The van der Waals surface area contributed by atoms with Gasteiger partial charge in [0.25, 0.3) is 0 Å². The highest BCUT2D eigenvalue weighted by Crippen LogP contribution is 2.63. The monoisotopic (exact) mass is 498 g/mol. The Morgan fingerprint density at radius 2 is 1.13 bits per heavy atom. The topological polar surface area (TPSA) is 33.3 Å². The molecule has 4 saturated carbocycles. The molecule has 0 saturated heterocycles. The van der Waals surface area contributed by atoms with Gasteiger partial charge in [-0.05, 0) is 102 Å². The highest BCUT2D eigenvalue weighted by Gasteiger charge is 2.68. The molecule has 182 valence electrons. The van der Waals surface area contributed by atoms with Gasteiger partial charge in [-0.25, -0.2) is 0 Å². The second kappa shape index (κ2) is 8.16. The maximum Gasteiger partial charge on any atom is 0.183 e. The number of hydrogen-bond acceptors (Lipinski definition) is 3. The van der Waals surface area contributed by atoms with Crippen molar-refractivity contribution in [1.29, 1.82) is 0 Å². The van der Waals surface area contributed by atoms with E-state index in [9.17, 15) is 0 Å². The largest absolute Gasteiger partial charge is 0.416 e. The standard InChI is InChI=1S/C24H54N2OSi4/c1-23(2,3)25-26-31(29(7,8)9,30(10,11)12)22(27-28(4,5)6)24-16-19-13-20(17-24)15-21(14-19)18-24/h19-22,25-26H,13-18H2,1-12H3. The zero-order chi connectivity index (χ0) is 23.7. The molecule has 0 spiro atoms. The molecule has 0 aromatic heterocycles. The van der Waals surface area contributed by atoms with Crippen molar-refractivity contribution in [3.05, 3.63) is 0 Å². The first-order valence-electron chi connectivity index (χ1n) is 13.0. The lowest BCUT2D eigenvalue weighted by atomic mass is 9.50. The highest BCUT2D eigenvalue weighted by atomic mass is 29.6. The Bertz CT molecular complexity index is 605. The lowest BCUT2D eigenvalue weighted by Crippen LogP contribution is -2.90. The third-order valence-electron chi connectivity index (χ3n) is 8.51. The first-order chi connectivity index (χ1) is 13.8. The number of rotatable bonds is 8. The summed E-state index contributed by atoms with van der Waals surface area (Å²) in [6, 6.07) is 0. The molecule has 0 aromatic carbocycles. The molecule has 4 aliphatic rings. The van der Waals surface area contributed by atoms with Crippen molar-refractivity contribution >= 4 is 30.8 Å². The Hall–Kier alpha value is 0.748. The molecule has 3 nitrogen and oxygen atoms in total. The quantitative estimate of drug-likeness (QED) is 0.291. The van der Waals surface area contributed by atoms with E-state index in [0.29, 0.717) is 11.1 Å². The van der Waals surface area contributed by atoms with Crippen LogP contribution in [0.5, 0.6) is 0 Å². The Balaban J connectivity index is 2.18. The molecule has 7 heteroatoms. The van der Waals surface area contributed by atoms with E-state index in [1.54, 1.807) is 0 Å². The average Bonchev–Trinajstić information content (AvgIpc) is 2.48. The molecule has 0 heterocycles. The predicted octanol–water partition coefficient (Wildman–Crippen LogP) is 6.63. The van der Waals surface area contributed by atoms with E-state index < -0.39 is 30.8 Å². The molecular weight excluding hydrogens is 445 g/mol. The minimum absolute atomic E-state index is 0.0722. The van der Waals surface area contributed by atoms with Crippen LogP contribution in [0, 0.1) is 23.2 Å². The summed E-state index contributed by atoms with van der Waals surface area (Å²) in [6.07, 6.45) is 8.91. The van der Waals surface area contributed by atoms with Gasteiger partial charge in [0.15, 0.2) is 15.6 Å². The fourth-order valence-electron chi connectivity index (χ4n) is 8.16. The van der Waals surface area contributed by atoms with Crippen LogP contribution in [0.25, 0.3) is 0 Å². The summed E-state index contributed by atoms with van der Waals surface area (Å²) in [5.74, 6) is 2.93. The van der Waals surface area contributed by atoms with Crippen LogP contribution in [0.2, 0.25) is 58.9 Å². The number of hydrazine groups is 1. The van der Waals surface area contributed by atoms with E-state index in [1.807, 2.05) is 0 Å². The second-order valence-electron chi connectivity index (χ2n) is 15.7. The van der Waals surface area contributed by atoms with Crippen molar-refractivity contribution in [2.75, 3.05) is 0 Å². The van der Waals surface area contributed by atoms with Gasteiger partial charge in [0, 0.05) is 5.54 Å². The second-order valence-corrected chi connectivity index (χ2v) is 46.8. The fraction of sp³-hybridized carbons (Fsp3) is 1.00. The molecule has 31 heavy (non-hydrogen) atoms. The number of hydrogen-bond donors (Lipinski definition) is 2. The van der Waals surface area contributed by atoms with E-state index in [1.165, 1.54) is 38.5 Å². The summed E-state index contributed by atoms with van der Waals surface area (Å²) >= 11 is 0. The minimum atomic E-state index is -2.00.